The number of carbonyl (C=O) groups is 1. The van der Waals surface area contributed by atoms with Crippen LogP contribution in [0.25, 0.3) is 11.3 Å². The molecule has 2 aromatic rings. The number of hydrogen-bond donors (Lipinski definition) is 0. The number of rotatable bonds is 2. The van der Waals surface area contributed by atoms with Gasteiger partial charge in [0.25, 0.3) is 0 Å². The molecule has 1 aromatic heterocycles. The second-order valence-corrected chi connectivity index (χ2v) is 3.24. The molecule has 1 aromatic carbocycles. The largest absolute Gasteiger partial charge is 0.353 e. The molecule has 0 saturated carbocycles. The predicted molar refractivity (Wildman–Crippen MR) is 52.3 cm³/mol. The topological polar surface area (TPSA) is 43.1 Å². The Morgan fingerprint density at radius 2 is 2.27 bits per heavy atom. The SMILES string of the molecule is O=Cc1cc(-c2c(F)cccc2Cl)no1. The van der Waals surface area contributed by atoms with Crippen molar-refractivity contribution in [3.8, 4) is 11.3 Å². The Bertz CT molecular complexity index is 490. The summed E-state index contributed by atoms with van der Waals surface area (Å²) in [5.41, 5.74) is 0.344. The van der Waals surface area contributed by atoms with Gasteiger partial charge in [-0.05, 0) is 12.1 Å². The van der Waals surface area contributed by atoms with Gasteiger partial charge in [0, 0.05) is 6.07 Å². The minimum Gasteiger partial charge on any atom is -0.353 e. The van der Waals surface area contributed by atoms with Crippen molar-refractivity contribution in [3.63, 3.8) is 0 Å². The van der Waals surface area contributed by atoms with E-state index in [1.54, 1.807) is 0 Å². The van der Waals surface area contributed by atoms with E-state index in [0.717, 1.165) is 0 Å². The molecule has 0 aliphatic heterocycles. The lowest BCUT2D eigenvalue weighted by Gasteiger charge is -1.99. The molecule has 0 saturated heterocycles. The molecule has 0 amide bonds. The minimum atomic E-state index is -0.506. The van der Waals surface area contributed by atoms with Crippen LogP contribution in [0.4, 0.5) is 4.39 Å². The van der Waals surface area contributed by atoms with Crippen molar-refractivity contribution in [2.75, 3.05) is 0 Å². The van der Waals surface area contributed by atoms with Gasteiger partial charge in [0.05, 0.1) is 10.6 Å². The fraction of sp³-hybridized carbons (Fsp3) is 0. The minimum absolute atomic E-state index is 0.0318. The lowest BCUT2D eigenvalue weighted by atomic mass is 10.1. The molecule has 0 atom stereocenters. The van der Waals surface area contributed by atoms with E-state index >= 15 is 0 Å². The maximum atomic E-state index is 13.4. The fourth-order valence-electron chi connectivity index (χ4n) is 1.21. The molecule has 0 unspecified atom stereocenters. The van der Waals surface area contributed by atoms with Crippen LogP contribution in [0, 0.1) is 5.82 Å². The van der Waals surface area contributed by atoms with Crippen LogP contribution in [-0.4, -0.2) is 11.4 Å². The Kier molecular flexibility index (Phi) is 2.51. The summed E-state index contributed by atoms with van der Waals surface area (Å²) < 4.78 is 18.0. The number of hydrogen-bond acceptors (Lipinski definition) is 3. The van der Waals surface area contributed by atoms with Gasteiger partial charge in [0.15, 0.2) is 12.0 Å². The van der Waals surface area contributed by atoms with Crippen molar-refractivity contribution >= 4 is 17.9 Å². The zero-order valence-electron chi connectivity index (χ0n) is 7.41. The highest BCUT2D eigenvalue weighted by atomic mass is 35.5. The summed E-state index contributed by atoms with van der Waals surface area (Å²) in [5, 5.41) is 3.77. The molecule has 5 heteroatoms. The Hall–Kier alpha value is -1.68. The van der Waals surface area contributed by atoms with E-state index in [4.69, 9.17) is 11.6 Å². The van der Waals surface area contributed by atoms with Crippen LogP contribution in [-0.2, 0) is 0 Å². The maximum absolute atomic E-state index is 13.4. The van der Waals surface area contributed by atoms with Crippen LogP contribution in [0.1, 0.15) is 10.6 Å². The van der Waals surface area contributed by atoms with Gasteiger partial charge in [-0.2, -0.15) is 0 Å². The standard InChI is InChI=1S/C10H5ClFNO2/c11-7-2-1-3-8(12)10(7)9-4-6(5-14)15-13-9/h1-5H. The van der Waals surface area contributed by atoms with Crippen LogP contribution < -0.4 is 0 Å². The first kappa shape index (κ1) is 9.86. The van der Waals surface area contributed by atoms with Gasteiger partial charge in [0.2, 0.25) is 0 Å². The van der Waals surface area contributed by atoms with Gasteiger partial charge in [-0.25, -0.2) is 4.39 Å². The molecule has 0 bridgehead atoms. The van der Waals surface area contributed by atoms with Crippen molar-refractivity contribution < 1.29 is 13.7 Å². The van der Waals surface area contributed by atoms with Gasteiger partial charge >= 0.3 is 0 Å². The van der Waals surface area contributed by atoms with E-state index in [1.807, 2.05) is 0 Å². The highest BCUT2D eigenvalue weighted by molar-refractivity contribution is 6.33. The molecule has 1 heterocycles. The Labute approximate surface area is 89.4 Å². The molecule has 3 nitrogen and oxygen atoms in total. The number of benzene rings is 1. The van der Waals surface area contributed by atoms with Gasteiger partial charge in [0.1, 0.15) is 11.5 Å². The molecule has 0 spiro atoms. The normalized spacial score (nSPS) is 10.3. The summed E-state index contributed by atoms with van der Waals surface area (Å²) in [6.07, 6.45) is 0.491. The first-order valence-corrected chi connectivity index (χ1v) is 4.46. The lowest BCUT2D eigenvalue weighted by molar-refractivity contribution is 0.109. The van der Waals surface area contributed by atoms with Gasteiger partial charge in [-0.1, -0.05) is 22.8 Å². The zero-order valence-corrected chi connectivity index (χ0v) is 8.16. The van der Waals surface area contributed by atoms with E-state index in [0.29, 0.717) is 6.29 Å². The van der Waals surface area contributed by atoms with E-state index in [2.05, 4.69) is 9.68 Å². The highest BCUT2D eigenvalue weighted by Gasteiger charge is 2.13. The number of halogens is 2. The fourth-order valence-corrected chi connectivity index (χ4v) is 1.47. The predicted octanol–water partition coefficient (Wildman–Crippen LogP) is 2.95. The average molecular weight is 226 g/mol. The van der Waals surface area contributed by atoms with Crippen molar-refractivity contribution in [2.45, 2.75) is 0 Å². The van der Waals surface area contributed by atoms with Crippen molar-refractivity contribution in [1.82, 2.24) is 5.16 Å². The molecule has 2 rings (SSSR count). The number of nitrogens with zero attached hydrogens (tertiary/aromatic N) is 1. The molecule has 0 N–H and O–H groups in total. The molecule has 76 valence electrons. The average Bonchev–Trinajstić information content (AvgIpc) is 2.66. The third-order valence-electron chi connectivity index (χ3n) is 1.86. The number of aromatic nitrogens is 1. The first-order chi connectivity index (χ1) is 7.22. The van der Waals surface area contributed by atoms with Crippen molar-refractivity contribution in [2.24, 2.45) is 0 Å². The summed E-state index contributed by atoms with van der Waals surface area (Å²) in [7, 11) is 0. The second-order valence-electron chi connectivity index (χ2n) is 2.83. The van der Waals surface area contributed by atoms with Crippen LogP contribution in [0.3, 0.4) is 0 Å². The second kappa shape index (κ2) is 3.82. The Morgan fingerprint density at radius 3 is 2.87 bits per heavy atom. The van der Waals surface area contributed by atoms with Gasteiger partial charge < -0.3 is 4.52 Å². The Morgan fingerprint density at radius 1 is 1.47 bits per heavy atom. The van der Waals surface area contributed by atoms with E-state index in [1.165, 1.54) is 24.3 Å². The number of aldehydes is 1. The summed E-state index contributed by atoms with van der Waals surface area (Å²) >= 11 is 5.81. The van der Waals surface area contributed by atoms with Crippen LogP contribution in [0.5, 0.6) is 0 Å². The van der Waals surface area contributed by atoms with Crippen LogP contribution >= 0.6 is 11.6 Å². The Balaban J connectivity index is 2.58. The molecule has 0 aliphatic carbocycles. The molecular formula is C10H5ClFNO2. The molecular weight excluding hydrogens is 221 g/mol. The molecule has 0 fully saturated rings. The van der Waals surface area contributed by atoms with Gasteiger partial charge in [-0.3, -0.25) is 4.79 Å². The highest BCUT2D eigenvalue weighted by Crippen LogP contribution is 2.29. The lowest BCUT2D eigenvalue weighted by Crippen LogP contribution is -1.85. The van der Waals surface area contributed by atoms with Crippen molar-refractivity contribution in [3.05, 3.63) is 40.9 Å². The number of carbonyl (C=O) groups excluding carboxylic acids is 1. The summed E-state index contributed by atoms with van der Waals surface area (Å²) in [5.74, 6) is -0.474. The van der Waals surface area contributed by atoms with Crippen LogP contribution in [0.2, 0.25) is 5.02 Å². The van der Waals surface area contributed by atoms with Crippen molar-refractivity contribution in [1.29, 1.82) is 0 Å². The van der Waals surface area contributed by atoms with E-state index in [9.17, 15) is 9.18 Å². The summed E-state index contributed by atoms with van der Waals surface area (Å²) in [6, 6.07) is 5.62. The summed E-state index contributed by atoms with van der Waals surface area (Å²) in [4.78, 5) is 10.4. The molecule has 0 aliphatic rings. The quantitative estimate of drug-likeness (QED) is 0.738. The summed E-state index contributed by atoms with van der Waals surface area (Å²) in [6.45, 7) is 0. The zero-order chi connectivity index (χ0) is 10.8. The van der Waals surface area contributed by atoms with E-state index in [-0.39, 0.29) is 22.0 Å². The maximum Gasteiger partial charge on any atom is 0.199 e. The third-order valence-corrected chi connectivity index (χ3v) is 2.18. The van der Waals surface area contributed by atoms with Gasteiger partial charge in [-0.15, -0.1) is 0 Å². The molecule has 0 radical (unpaired) electrons. The first-order valence-electron chi connectivity index (χ1n) is 4.08. The van der Waals surface area contributed by atoms with Crippen LogP contribution in [0.15, 0.2) is 28.8 Å². The third kappa shape index (κ3) is 1.76. The van der Waals surface area contributed by atoms with E-state index < -0.39 is 5.82 Å². The smallest absolute Gasteiger partial charge is 0.199 e. The molecule has 15 heavy (non-hydrogen) atoms. The monoisotopic (exact) mass is 225 g/mol.